The van der Waals surface area contributed by atoms with Crippen molar-refractivity contribution in [3.05, 3.63) is 57.8 Å². The number of carbonyl (C=O) groups excluding carboxylic acids is 1. The van der Waals surface area contributed by atoms with Crippen molar-refractivity contribution < 1.29 is 39.5 Å². The molecule has 0 amide bonds. The molecule has 1 aromatic heterocycles. The van der Waals surface area contributed by atoms with Crippen molar-refractivity contribution in [3.63, 3.8) is 0 Å². The molecule has 0 aliphatic rings. The van der Waals surface area contributed by atoms with Crippen LogP contribution in [0.25, 0.3) is 0 Å². The van der Waals surface area contributed by atoms with Crippen LogP contribution in [0, 0.1) is 0 Å². The van der Waals surface area contributed by atoms with Gasteiger partial charge in [0.1, 0.15) is 0 Å². The maximum atomic E-state index is 10.6. The molecule has 20 heavy (non-hydrogen) atoms. The van der Waals surface area contributed by atoms with Gasteiger partial charge in [-0.05, 0) is 29.8 Å². The van der Waals surface area contributed by atoms with Gasteiger partial charge in [-0.3, -0.25) is 4.98 Å². The van der Waals surface area contributed by atoms with Gasteiger partial charge in [0.15, 0.2) is 0 Å². The number of pyridine rings is 1. The molecule has 0 N–H and O–H groups in total. The van der Waals surface area contributed by atoms with Crippen LogP contribution in [-0.2, 0) is 5.75 Å². The summed E-state index contributed by atoms with van der Waals surface area (Å²) in [5.41, 5.74) is 0.960. The quantitative estimate of drug-likeness (QED) is 0.585. The monoisotopic (exact) mass is 335 g/mol. The maximum Gasteiger partial charge on any atom is 1.00 e. The third-order valence-corrected chi connectivity index (χ3v) is 4.13. The number of hydrogen-bond acceptors (Lipinski definition) is 4. The summed E-state index contributed by atoms with van der Waals surface area (Å²) in [6.45, 7) is 0. The molecular weight excluding hydrogens is 328 g/mol. The molecule has 0 atom stereocenters. The second kappa shape index (κ2) is 8.27. The van der Waals surface area contributed by atoms with Crippen molar-refractivity contribution in [1.29, 1.82) is 0 Å². The van der Waals surface area contributed by atoms with Crippen LogP contribution in [0.3, 0.4) is 0 Å². The van der Waals surface area contributed by atoms with E-state index in [4.69, 9.17) is 23.2 Å². The van der Waals surface area contributed by atoms with Gasteiger partial charge in [-0.25, -0.2) is 0 Å². The van der Waals surface area contributed by atoms with Crippen LogP contribution in [0.1, 0.15) is 16.1 Å². The molecule has 0 aliphatic heterocycles. The van der Waals surface area contributed by atoms with Crippen molar-refractivity contribution in [2.24, 2.45) is 0 Å². The SMILES string of the molecule is O=C([O-])c1ccc(SCc2ccc(Cl)c(Cl)c2)cn1.[Na+]. The van der Waals surface area contributed by atoms with Crippen LogP contribution >= 0.6 is 35.0 Å². The molecule has 2 rings (SSSR count). The van der Waals surface area contributed by atoms with Crippen molar-refractivity contribution in [3.8, 4) is 0 Å². The Labute approximate surface area is 153 Å². The minimum absolute atomic E-state index is 0. The molecule has 98 valence electrons. The third-order valence-electron chi connectivity index (χ3n) is 2.33. The predicted octanol–water partition coefficient (Wildman–Crippen LogP) is 0.0482. The van der Waals surface area contributed by atoms with Crippen LogP contribution in [0.15, 0.2) is 41.4 Å². The maximum absolute atomic E-state index is 10.6. The van der Waals surface area contributed by atoms with Gasteiger partial charge < -0.3 is 9.90 Å². The number of benzene rings is 1. The topological polar surface area (TPSA) is 53.0 Å². The summed E-state index contributed by atoms with van der Waals surface area (Å²) in [5, 5.41) is 11.6. The standard InChI is InChI=1S/C13H9Cl2NO2S.Na/c14-10-3-1-8(5-11(10)15)7-19-9-2-4-12(13(17)18)16-6-9;/h1-6H,7H2,(H,17,18);/q;+1/p-1. The summed E-state index contributed by atoms with van der Waals surface area (Å²) < 4.78 is 0. The number of halogens is 2. The number of hydrogen-bond donors (Lipinski definition) is 0. The molecule has 3 nitrogen and oxygen atoms in total. The second-order valence-corrected chi connectivity index (χ2v) is 5.57. The number of aromatic nitrogens is 1. The molecule has 0 radical (unpaired) electrons. The fourth-order valence-electron chi connectivity index (χ4n) is 1.38. The van der Waals surface area contributed by atoms with Crippen LogP contribution in [0.5, 0.6) is 0 Å². The third kappa shape index (κ3) is 4.95. The molecule has 0 saturated carbocycles. The largest absolute Gasteiger partial charge is 1.00 e. The second-order valence-electron chi connectivity index (χ2n) is 3.70. The number of carboxylic acid groups (broad SMARTS) is 1. The minimum Gasteiger partial charge on any atom is -0.543 e. The summed E-state index contributed by atoms with van der Waals surface area (Å²) in [4.78, 5) is 15.2. The zero-order valence-corrected chi connectivity index (χ0v) is 14.9. The average molecular weight is 336 g/mol. The zero-order valence-electron chi connectivity index (χ0n) is 10.6. The molecule has 0 saturated heterocycles. The van der Waals surface area contributed by atoms with E-state index in [2.05, 4.69) is 4.98 Å². The Morgan fingerprint density at radius 3 is 2.50 bits per heavy atom. The predicted molar refractivity (Wildman–Crippen MR) is 74.6 cm³/mol. The molecule has 0 bridgehead atoms. The van der Waals surface area contributed by atoms with E-state index in [0.717, 1.165) is 10.5 Å². The van der Waals surface area contributed by atoms with Gasteiger partial charge in [0.05, 0.1) is 21.7 Å². The normalized spacial score (nSPS) is 9.90. The van der Waals surface area contributed by atoms with Crippen molar-refractivity contribution >= 4 is 40.9 Å². The Morgan fingerprint density at radius 2 is 1.95 bits per heavy atom. The Hall–Kier alpha value is -0.230. The van der Waals surface area contributed by atoms with Crippen LogP contribution in [0.4, 0.5) is 0 Å². The number of rotatable bonds is 4. The van der Waals surface area contributed by atoms with E-state index in [1.54, 1.807) is 18.2 Å². The van der Waals surface area contributed by atoms with Gasteiger partial charge in [0.2, 0.25) is 0 Å². The molecule has 7 heteroatoms. The van der Waals surface area contributed by atoms with E-state index >= 15 is 0 Å². The van der Waals surface area contributed by atoms with E-state index in [9.17, 15) is 9.90 Å². The summed E-state index contributed by atoms with van der Waals surface area (Å²) >= 11 is 13.3. The van der Waals surface area contributed by atoms with Crippen LogP contribution in [0.2, 0.25) is 10.0 Å². The molecule has 0 aliphatic carbocycles. The van der Waals surface area contributed by atoms with Gasteiger partial charge in [-0.2, -0.15) is 0 Å². The van der Waals surface area contributed by atoms with Gasteiger partial charge in [0, 0.05) is 16.8 Å². The average Bonchev–Trinajstić information content (AvgIpc) is 2.40. The first kappa shape index (κ1) is 17.8. The summed E-state index contributed by atoms with van der Waals surface area (Å²) in [6.07, 6.45) is 1.51. The Balaban J connectivity index is 0.00000200. The van der Waals surface area contributed by atoms with E-state index in [0.29, 0.717) is 15.8 Å². The van der Waals surface area contributed by atoms with Gasteiger partial charge >= 0.3 is 29.6 Å². The number of thioether (sulfide) groups is 1. The zero-order chi connectivity index (χ0) is 13.8. The number of aromatic carboxylic acids is 1. The molecule has 2 aromatic rings. The fraction of sp³-hybridized carbons (Fsp3) is 0.0769. The van der Waals surface area contributed by atoms with Gasteiger partial charge in [-0.1, -0.05) is 29.3 Å². The molecule has 0 fully saturated rings. The summed E-state index contributed by atoms with van der Waals surface area (Å²) in [6, 6.07) is 8.56. The molecular formula is C13H8Cl2NNaO2S. The molecule has 1 aromatic carbocycles. The van der Waals surface area contributed by atoms with Crippen molar-refractivity contribution in [2.45, 2.75) is 10.6 Å². The van der Waals surface area contributed by atoms with E-state index < -0.39 is 5.97 Å². The van der Waals surface area contributed by atoms with E-state index in [1.165, 1.54) is 24.0 Å². The smallest absolute Gasteiger partial charge is 0.543 e. The fourth-order valence-corrected chi connectivity index (χ4v) is 2.51. The number of carboxylic acids is 1. The van der Waals surface area contributed by atoms with Crippen molar-refractivity contribution in [1.82, 2.24) is 4.98 Å². The number of carbonyl (C=O) groups is 1. The summed E-state index contributed by atoms with van der Waals surface area (Å²) in [5.74, 6) is -0.579. The van der Waals surface area contributed by atoms with Crippen LogP contribution < -0.4 is 34.7 Å². The van der Waals surface area contributed by atoms with Crippen LogP contribution in [-0.4, -0.2) is 11.0 Å². The molecule has 0 unspecified atom stereocenters. The Kier molecular flexibility index (Phi) is 7.37. The first-order chi connectivity index (χ1) is 9.06. The van der Waals surface area contributed by atoms with Gasteiger partial charge in [0.25, 0.3) is 0 Å². The molecule has 0 spiro atoms. The van der Waals surface area contributed by atoms with E-state index in [1.807, 2.05) is 6.07 Å². The first-order valence-corrected chi connectivity index (χ1v) is 7.04. The van der Waals surface area contributed by atoms with E-state index in [-0.39, 0.29) is 35.3 Å². The van der Waals surface area contributed by atoms with Crippen molar-refractivity contribution in [2.75, 3.05) is 0 Å². The number of nitrogens with zero attached hydrogens (tertiary/aromatic N) is 1. The Morgan fingerprint density at radius 1 is 1.20 bits per heavy atom. The first-order valence-electron chi connectivity index (χ1n) is 5.30. The molecule has 1 heterocycles. The summed E-state index contributed by atoms with van der Waals surface area (Å²) in [7, 11) is 0. The Bertz CT molecular complexity index is 608. The van der Waals surface area contributed by atoms with Gasteiger partial charge in [-0.15, -0.1) is 11.8 Å². The minimum atomic E-state index is -1.28.